The van der Waals surface area contributed by atoms with E-state index in [9.17, 15) is 20.2 Å². The van der Waals surface area contributed by atoms with Gasteiger partial charge in [0.25, 0.3) is 11.4 Å². The minimum atomic E-state index is -0.899. The summed E-state index contributed by atoms with van der Waals surface area (Å²) >= 11 is 26.6. The Morgan fingerprint density at radius 1 is 0.564 bits per heavy atom. The average Bonchev–Trinajstić information content (AvgIpc) is 3.89. The molecule has 6 rings (SSSR count). The van der Waals surface area contributed by atoms with Crippen LogP contribution in [-0.4, -0.2) is 29.8 Å². The minimum Gasteiger partial charge on any atom is -0.356 e. The lowest BCUT2D eigenvalue weighted by Gasteiger charge is -2.30. The number of non-ortho nitro benzene ring substituents is 2. The third kappa shape index (κ3) is 10.3. The monoisotopic (exact) mass is 820 g/mol. The van der Waals surface area contributed by atoms with Crippen LogP contribution in [-0.2, 0) is 30.4 Å². The number of benzene rings is 4. The SMILES string of the molecule is O=[N+]([O-])c1ccc(C(OC(c2ccc(Cl)cc2Cl)c2ccc([N+](=O)[O-])cc2CCCCc2ncc[nH]2)c2ccc(Cl)cc2Cl)c(CCCCc2ncc[nH]2)c1. The number of unbranched alkanes of at least 4 members (excludes halogenated alkanes) is 2. The van der Waals surface area contributed by atoms with Crippen molar-refractivity contribution in [2.45, 2.75) is 63.6 Å². The molecule has 0 radical (unpaired) electrons. The Bertz CT molecular complexity index is 2090. The highest BCUT2D eigenvalue weighted by atomic mass is 35.5. The van der Waals surface area contributed by atoms with Crippen LogP contribution in [0.25, 0.3) is 0 Å². The first-order valence-electron chi connectivity index (χ1n) is 17.6. The second-order valence-electron chi connectivity index (χ2n) is 13.0. The summed E-state index contributed by atoms with van der Waals surface area (Å²) in [5.41, 5.74) is 3.72. The van der Waals surface area contributed by atoms with Crippen LogP contribution in [0.5, 0.6) is 0 Å². The molecule has 0 bridgehead atoms. The van der Waals surface area contributed by atoms with E-state index in [1.54, 1.807) is 85.5 Å². The maximum Gasteiger partial charge on any atom is 0.269 e. The van der Waals surface area contributed by atoms with Crippen LogP contribution in [0, 0.1) is 20.2 Å². The van der Waals surface area contributed by atoms with Gasteiger partial charge in [0.2, 0.25) is 0 Å². The number of nitrogens with one attached hydrogen (secondary N) is 2. The average molecular weight is 823 g/mol. The van der Waals surface area contributed by atoms with E-state index >= 15 is 0 Å². The van der Waals surface area contributed by atoms with Gasteiger partial charge in [-0.15, -0.1) is 0 Å². The molecule has 284 valence electrons. The van der Waals surface area contributed by atoms with Crippen molar-refractivity contribution in [2.75, 3.05) is 0 Å². The molecule has 4 aromatic carbocycles. The maximum atomic E-state index is 12.0. The Balaban J connectivity index is 1.45. The third-order valence-corrected chi connectivity index (χ3v) is 10.5. The van der Waals surface area contributed by atoms with Crippen molar-refractivity contribution in [3.8, 4) is 0 Å². The largest absolute Gasteiger partial charge is 0.356 e. The van der Waals surface area contributed by atoms with E-state index in [0.29, 0.717) is 92.0 Å². The zero-order chi connectivity index (χ0) is 38.9. The molecule has 0 aliphatic rings. The Morgan fingerprint density at radius 2 is 0.964 bits per heavy atom. The van der Waals surface area contributed by atoms with Crippen molar-refractivity contribution in [1.82, 2.24) is 19.9 Å². The number of aryl methyl sites for hydroxylation is 4. The van der Waals surface area contributed by atoms with Crippen molar-refractivity contribution in [3.05, 3.63) is 183 Å². The Morgan fingerprint density at radius 3 is 1.33 bits per heavy atom. The standard InChI is InChI=1S/C40H36Cl4N6O5/c41-27-9-13-33(35(43)23-27)39(31-15-11-29(49(51)52)21-25(31)5-1-3-7-37-45-17-18-46-37)55-40(34-14-10-28(42)24-36(34)44)32-16-12-30(50(53)54)22-26(32)6-2-4-8-38-47-19-20-48-38/h9-24,39-40H,1-8H2,(H,45,46)(H,47,48). The van der Waals surface area contributed by atoms with Gasteiger partial charge in [0, 0.05) is 93.1 Å². The van der Waals surface area contributed by atoms with Gasteiger partial charge in [-0.1, -0.05) is 58.5 Å². The molecular formula is C40H36Cl4N6O5. The van der Waals surface area contributed by atoms with Gasteiger partial charge in [-0.25, -0.2) is 9.97 Å². The number of imidazole rings is 2. The van der Waals surface area contributed by atoms with E-state index in [2.05, 4.69) is 19.9 Å². The number of ether oxygens (including phenoxy) is 1. The highest BCUT2D eigenvalue weighted by molar-refractivity contribution is 6.35. The molecule has 0 amide bonds. The van der Waals surface area contributed by atoms with Gasteiger partial charge in [-0.3, -0.25) is 20.2 Å². The van der Waals surface area contributed by atoms with E-state index in [1.807, 2.05) is 0 Å². The van der Waals surface area contributed by atoms with Crippen LogP contribution in [0.4, 0.5) is 11.4 Å². The summed E-state index contributed by atoms with van der Waals surface area (Å²) in [7, 11) is 0. The molecule has 2 aromatic heterocycles. The number of nitro groups is 2. The molecule has 55 heavy (non-hydrogen) atoms. The van der Waals surface area contributed by atoms with Crippen molar-refractivity contribution in [2.24, 2.45) is 0 Å². The highest BCUT2D eigenvalue weighted by Gasteiger charge is 2.31. The number of nitrogens with zero attached hydrogens (tertiary/aromatic N) is 4. The van der Waals surface area contributed by atoms with Crippen LogP contribution in [0.1, 0.15) is 82.9 Å². The predicted octanol–water partition coefficient (Wildman–Crippen LogP) is 11.6. The summed E-state index contributed by atoms with van der Waals surface area (Å²) in [4.78, 5) is 38.1. The second kappa shape index (κ2) is 18.7. The molecule has 11 nitrogen and oxygen atoms in total. The molecule has 2 atom stereocenters. The van der Waals surface area contributed by atoms with Crippen molar-refractivity contribution in [1.29, 1.82) is 0 Å². The quantitative estimate of drug-likeness (QED) is 0.0497. The van der Waals surface area contributed by atoms with Crippen LogP contribution >= 0.6 is 46.4 Å². The van der Waals surface area contributed by atoms with Gasteiger partial charge in [0.05, 0.1) is 9.85 Å². The van der Waals surface area contributed by atoms with Gasteiger partial charge in [0.15, 0.2) is 0 Å². The fourth-order valence-corrected chi connectivity index (χ4v) is 7.65. The molecule has 0 fully saturated rings. The molecular weight excluding hydrogens is 786 g/mol. The molecule has 0 aliphatic heterocycles. The predicted molar refractivity (Wildman–Crippen MR) is 214 cm³/mol. The number of nitro benzene ring substituents is 2. The van der Waals surface area contributed by atoms with Gasteiger partial charge in [-0.2, -0.15) is 0 Å². The lowest BCUT2D eigenvalue weighted by molar-refractivity contribution is -0.385. The molecule has 0 aliphatic carbocycles. The molecule has 2 unspecified atom stereocenters. The topological polar surface area (TPSA) is 153 Å². The Labute approximate surface area is 337 Å². The molecule has 0 saturated carbocycles. The van der Waals surface area contributed by atoms with Crippen LogP contribution in [0.3, 0.4) is 0 Å². The van der Waals surface area contributed by atoms with Crippen molar-refractivity contribution >= 4 is 57.8 Å². The van der Waals surface area contributed by atoms with Gasteiger partial charge in [0.1, 0.15) is 23.9 Å². The highest BCUT2D eigenvalue weighted by Crippen LogP contribution is 2.44. The van der Waals surface area contributed by atoms with Gasteiger partial charge in [-0.05, 0) is 97.2 Å². The summed E-state index contributed by atoms with van der Waals surface area (Å²) in [6.07, 6.45) is 10.5. The fourth-order valence-electron chi connectivity index (χ4n) is 6.63. The summed E-state index contributed by atoms with van der Waals surface area (Å²) in [6, 6.07) is 19.6. The fraction of sp³-hybridized carbons (Fsp3) is 0.250. The van der Waals surface area contributed by atoms with Crippen molar-refractivity contribution < 1.29 is 14.6 Å². The zero-order valence-electron chi connectivity index (χ0n) is 29.4. The molecule has 2 heterocycles. The summed E-state index contributed by atoms with van der Waals surface area (Å²) in [5, 5.41) is 25.5. The van der Waals surface area contributed by atoms with E-state index in [1.165, 1.54) is 12.1 Å². The van der Waals surface area contributed by atoms with E-state index < -0.39 is 22.1 Å². The van der Waals surface area contributed by atoms with Crippen molar-refractivity contribution in [3.63, 3.8) is 0 Å². The Hall–Kier alpha value is -4.78. The van der Waals surface area contributed by atoms with E-state index in [0.717, 1.165) is 24.5 Å². The lowest BCUT2D eigenvalue weighted by Crippen LogP contribution is -2.17. The molecule has 6 aromatic rings. The minimum absolute atomic E-state index is 0.0600. The molecule has 0 spiro atoms. The smallest absolute Gasteiger partial charge is 0.269 e. The zero-order valence-corrected chi connectivity index (χ0v) is 32.4. The number of aromatic nitrogens is 4. The summed E-state index contributed by atoms with van der Waals surface area (Å²) in [5.74, 6) is 1.71. The van der Waals surface area contributed by atoms with E-state index in [4.69, 9.17) is 51.1 Å². The molecule has 0 saturated heterocycles. The molecule has 15 heteroatoms. The third-order valence-electron chi connectivity index (χ3n) is 9.33. The second-order valence-corrected chi connectivity index (χ2v) is 14.7. The number of halogens is 4. The van der Waals surface area contributed by atoms with Gasteiger partial charge >= 0.3 is 0 Å². The summed E-state index contributed by atoms with van der Waals surface area (Å²) in [6.45, 7) is 0. The van der Waals surface area contributed by atoms with Crippen LogP contribution in [0.15, 0.2) is 97.6 Å². The van der Waals surface area contributed by atoms with Crippen LogP contribution < -0.4 is 0 Å². The lowest BCUT2D eigenvalue weighted by atomic mass is 9.90. The normalized spacial score (nSPS) is 12.4. The van der Waals surface area contributed by atoms with Crippen LogP contribution in [0.2, 0.25) is 20.1 Å². The first-order valence-corrected chi connectivity index (χ1v) is 19.1. The van der Waals surface area contributed by atoms with E-state index in [-0.39, 0.29) is 11.4 Å². The summed E-state index contributed by atoms with van der Waals surface area (Å²) < 4.78 is 7.22. The van der Waals surface area contributed by atoms with Gasteiger partial charge < -0.3 is 14.7 Å². The first-order chi connectivity index (χ1) is 26.6. The first kappa shape index (κ1) is 39.9. The number of H-pyrrole nitrogens is 2. The Kier molecular flexibility index (Phi) is 13.6. The number of rotatable bonds is 18. The maximum absolute atomic E-state index is 12.0. The number of hydrogen-bond acceptors (Lipinski definition) is 7. The number of aromatic amines is 2. The molecule has 2 N–H and O–H groups in total. The number of hydrogen-bond donors (Lipinski definition) is 2.